The average Bonchev–Trinajstić information content (AvgIpc) is 3.14. The van der Waals surface area contributed by atoms with Crippen molar-refractivity contribution in [2.24, 2.45) is 5.16 Å². The maximum absolute atomic E-state index is 12.6. The van der Waals surface area contributed by atoms with E-state index in [1.54, 1.807) is 0 Å². The van der Waals surface area contributed by atoms with E-state index in [2.05, 4.69) is 20.7 Å². The standard InChI is InChI=1S/C16H17N5O6S3/c1-3-8(22)9(20-27)12(23)17-10-13(24)21-11(15(25)26)7(4-28-14(10)21)5-29-16-19-18-6(2)30-16/h10,14,27H,3-5H2,1-2H3,(H,17,23)(H,25,26)/t10-,14+/m1/s1. The SMILES string of the molecule is CCC(=O)C(=NO)C(=O)N[C@@H]1C(=O)N2C(C(=O)O)=C(CSc3nnc(C)s3)CS[C@@H]12. The first-order valence-corrected chi connectivity index (χ1v) is 11.5. The third-order valence-corrected chi connectivity index (χ3v) is 7.71. The van der Waals surface area contributed by atoms with Gasteiger partial charge in [0.15, 0.2) is 10.1 Å². The number of rotatable bonds is 8. The molecule has 30 heavy (non-hydrogen) atoms. The van der Waals surface area contributed by atoms with Gasteiger partial charge in [-0.25, -0.2) is 4.79 Å². The number of hydrogen-bond donors (Lipinski definition) is 3. The summed E-state index contributed by atoms with van der Waals surface area (Å²) in [4.78, 5) is 49.4. The van der Waals surface area contributed by atoms with Gasteiger partial charge in [-0.05, 0) is 12.5 Å². The molecule has 3 rings (SSSR count). The Morgan fingerprint density at radius 1 is 1.37 bits per heavy atom. The third-order valence-electron chi connectivity index (χ3n) is 4.31. The topological polar surface area (TPSA) is 162 Å². The quantitative estimate of drug-likeness (QED) is 0.121. The molecule has 2 aliphatic heterocycles. The van der Waals surface area contributed by atoms with Crippen LogP contribution in [0.25, 0.3) is 0 Å². The minimum atomic E-state index is -1.23. The number of aryl methyl sites for hydroxylation is 1. The molecule has 1 fully saturated rings. The Labute approximate surface area is 183 Å². The first-order chi connectivity index (χ1) is 14.3. The van der Waals surface area contributed by atoms with Crippen molar-refractivity contribution in [2.45, 2.75) is 36.0 Å². The first kappa shape index (κ1) is 22.2. The molecule has 0 spiro atoms. The molecule has 0 aromatic carbocycles. The number of carbonyl (C=O) groups excluding carboxylic acids is 3. The molecule has 2 atom stereocenters. The van der Waals surface area contributed by atoms with Crippen LogP contribution in [-0.2, 0) is 19.2 Å². The Morgan fingerprint density at radius 3 is 2.67 bits per heavy atom. The number of aromatic nitrogens is 2. The van der Waals surface area contributed by atoms with Crippen molar-refractivity contribution in [3.8, 4) is 0 Å². The summed E-state index contributed by atoms with van der Waals surface area (Å²) in [6.07, 6.45) is -0.0448. The number of carbonyl (C=O) groups is 4. The molecule has 0 aliphatic carbocycles. The summed E-state index contributed by atoms with van der Waals surface area (Å²) in [5.41, 5.74) is -0.231. The lowest BCUT2D eigenvalue weighted by Gasteiger charge is -2.49. The van der Waals surface area contributed by atoms with Crippen LogP contribution in [0.5, 0.6) is 0 Å². The van der Waals surface area contributed by atoms with Gasteiger partial charge in [-0.1, -0.05) is 35.2 Å². The maximum atomic E-state index is 12.6. The number of carboxylic acid groups (broad SMARTS) is 1. The van der Waals surface area contributed by atoms with Crippen molar-refractivity contribution >= 4 is 64.1 Å². The summed E-state index contributed by atoms with van der Waals surface area (Å²) in [5.74, 6) is -2.80. The zero-order chi connectivity index (χ0) is 22.0. The summed E-state index contributed by atoms with van der Waals surface area (Å²) in [6.45, 7) is 3.32. The van der Waals surface area contributed by atoms with Gasteiger partial charge >= 0.3 is 5.97 Å². The van der Waals surface area contributed by atoms with Crippen molar-refractivity contribution in [1.29, 1.82) is 0 Å². The van der Waals surface area contributed by atoms with Crippen LogP contribution in [0.4, 0.5) is 0 Å². The van der Waals surface area contributed by atoms with E-state index >= 15 is 0 Å². The molecular formula is C16H17N5O6S3. The van der Waals surface area contributed by atoms with Gasteiger partial charge in [0.05, 0.1) is 0 Å². The van der Waals surface area contributed by atoms with Crippen LogP contribution >= 0.6 is 34.9 Å². The normalized spacial score (nSPS) is 21.2. The summed E-state index contributed by atoms with van der Waals surface area (Å²) < 4.78 is 0.702. The second kappa shape index (κ2) is 9.14. The van der Waals surface area contributed by atoms with Gasteiger partial charge in [0.1, 0.15) is 22.1 Å². The highest BCUT2D eigenvalue weighted by Gasteiger charge is 2.54. The van der Waals surface area contributed by atoms with Gasteiger partial charge < -0.3 is 15.6 Å². The van der Waals surface area contributed by atoms with E-state index < -0.39 is 40.7 Å². The van der Waals surface area contributed by atoms with Crippen LogP contribution in [-0.4, -0.2) is 77.6 Å². The largest absolute Gasteiger partial charge is 0.477 e. The van der Waals surface area contributed by atoms with Crippen LogP contribution in [0.1, 0.15) is 18.4 Å². The Kier molecular flexibility index (Phi) is 6.77. The zero-order valence-electron chi connectivity index (χ0n) is 15.8. The molecule has 2 amide bonds. The molecular weight excluding hydrogens is 454 g/mol. The van der Waals surface area contributed by atoms with E-state index in [-0.39, 0.29) is 12.1 Å². The monoisotopic (exact) mass is 471 g/mol. The Morgan fingerprint density at radius 2 is 2.10 bits per heavy atom. The Hall–Kier alpha value is -2.45. The van der Waals surface area contributed by atoms with Gasteiger partial charge in [0, 0.05) is 17.9 Å². The summed E-state index contributed by atoms with van der Waals surface area (Å²) in [6, 6.07) is -1.02. The third kappa shape index (κ3) is 4.20. The highest BCUT2D eigenvalue weighted by molar-refractivity contribution is 8.01. The molecule has 160 valence electrons. The lowest BCUT2D eigenvalue weighted by molar-refractivity contribution is -0.150. The van der Waals surface area contributed by atoms with Gasteiger partial charge in [0.2, 0.25) is 5.71 Å². The Balaban J connectivity index is 1.73. The number of nitrogens with one attached hydrogen (secondary N) is 1. The van der Waals surface area contributed by atoms with Crippen LogP contribution in [0, 0.1) is 6.92 Å². The summed E-state index contributed by atoms with van der Waals surface area (Å²) in [5, 5.41) is 31.7. The van der Waals surface area contributed by atoms with Crippen molar-refractivity contribution in [3.63, 3.8) is 0 Å². The first-order valence-electron chi connectivity index (χ1n) is 8.67. The van der Waals surface area contributed by atoms with Crippen LogP contribution in [0.2, 0.25) is 0 Å². The Bertz CT molecular complexity index is 974. The lowest BCUT2D eigenvalue weighted by atomic mass is 10.0. The smallest absolute Gasteiger partial charge is 0.352 e. The maximum Gasteiger partial charge on any atom is 0.352 e. The molecule has 1 aromatic heterocycles. The fourth-order valence-electron chi connectivity index (χ4n) is 2.88. The number of thioether (sulfide) groups is 2. The number of fused-ring (bicyclic) bond motifs is 1. The number of hydrogen-bond acceptors (Lipinski definition) is 11. The molecule has 1 aromatic rings. The van der Waals surface area contributed by atoms with E-state index in [1.165, 1.54) is 41.8 Å². The van der Waals surface area contributed by atoms with E-state index in [1.807, 2.05) is 6.92 Å². The van der Waals surface area contributed by atoms with Gasteiger partial charge in [-0.2, -0.15) is 0 Å². The van der Waals surface area contributed by atoms with E-state index in [0.717, 1.165) is 9.91 Å². The zero-order valence-corrected chi connectivity index (χ0v) is 18.3. The van der Waals surface area contributed by atoms with Crippen LogP contribution in [0.3, 0.4) is 0 Å². The number of oxime groups is 1. The van der Waals surface area contributed by atoms with Gasteiger partial charge in [0.25, 0.3) is 11.8 Å². The highest BCUT2D eigenvalue weighted by atomic mass is 32.2. The van der Waals surface area contributed by atoms with Gasteiger partial charge in [-0.3, -0.25) is 19.3 Å². The molecule has 2 aliphatic rings. The van der Waals surface area contributed by atoms with Crippen molar-refractivity contribution < 1.29 is 29.5 Å². The lowest BCUT2D eigenvalue weighted by Crippen LogP contribution is -2.71. The predicted octanol–water partition coefficient (Wildman–Crippen LogP) is 0.487. The van der Waals surface area contributed by atoms with Crippen molar-refractivity contribution in [2.75, 3.05) is 11.5 Å². The molecule has 0 saturated carbocycles. The number of carboxylic acids is 1. The number of ketones is 1. The average molecular weight is 472 g/mol. The van der Waals surface area contributed by atoms with Crippen LogP contribution < -0.4 is 5.32 Å². The summed E-state index contributed by atoms with van der Waals surface area (Å²) >= 11 is 4.04. The molecule has 3 N–H and O–H groups in total. The molecule has 3 heterocycles. The van der Waals surface area contributed by atoms with Crippen LogP contribution in [0.15, 0.2) is 20.8 Å². The minimum absolute atomic E-state index is 0.0448. The molecule has 11 nitrogen and oxygen atoms in total. The number of amides is 2. The number of β-lactam (4-membered cyclic amide) rings is 1. The molecule has 0 unspecified atom stereocenters. The molecule has 0 radical (unpaired) electrons. The van der Waals surface area contributed by atoms with E-state index in [9.17, 15) is 24.3 Å². The number of aliphatic carboxylic acids is 1. The van der Waals surface area contributed by atoms with E-state index in [4.69, 9.17) is 5.21 Å². The molecule has 14 heteroatoms. The fraction of sp³-hybridized carbons (Fsp3) is 0.438. The van der Waals surface area contributed by atoms with Gasteiger partial charge in [-0.15, -0.1) is 22.0 Å². The number of Topliss-reactive ketones (excluding diaryl/α,β-unsaturated/α-hetero) is 1. The van der Waals surface area contributed by atoms with E-state index in [0.29, 0.717) is 21.4 Å². The predicted molar refractivity (Wildman–Crippen MR) is 110 cm³/mol. The highest BCUT2D eigenvalue weighted by Crippen LogP contribution is 2.41. The number of nitrogens with zero attached hydrogens (tertiary/aromatic N) is 4. The summed E-state index contributed by atoms with van der Waals surface area (Å²) in [7, 11) is 0. The minimum Gasteiger partial charge on any atom is -0.477 e. The van der Waals surface area contributed by atoms with Crippen molar-refractivity contribution in [3.05, 3.63) is 16.3 Å². The second-order valence-electron chi connectivity index (χ2n) is 6.22. The van der Waals surface area contributed by atoms with Crippen molar-refractivity contribution in [1.82, 2.24) is 20.4 Å². The fourth-order valence-corrected chi connectivity index (χ4v) is 6.19. The molecule has 0 bridgehead atoms. The second-order valence-corrected chi connectivity index (χ2v) is 9.73. The molecule has 1 saturated heterocycles.